The van der Waals surface area contributed by atoms with Gasteiger partial charge in [-0.05, 0) is 24.1 Å². The molecule has 1 saturated heterocycles. The molecule has 2 atom stereocenters. The van der Waals surface area contributed by atoms with Crippen LogP contribution in [-0.2, 0) is 18.0 Å². The summed E-state index contributed by atoms with van der Waals surface area (Å²) >= 11 is 0. The zero-order valence-electron chi connectivity index (χ0n) is 16.0. The van der Waals surface area contributed by atoms with E-state index in [2.05, 4.69) is 15.3 Å². The van der Waals surface area contributed by atoms with Crippen molar-refractivity contribution < 1.29 is 23.0 Å². The number of halogens is 3. The summed E-state index contributed by atoms with van der Waals surface area (Å²) in [5, 5.41) is 13.4. The highest BCUT2D eigenvalue weighted by Gasteiger charge is 2.30. The summed E-state index contributed by atoms with van der Waals surface area (Å²) in [4.78, 5) is 21.5. The van der Waals surface area contributed by atoms with Crippen molar-refractivity contribution in [2.75, 3.05) is 18.5 Å². The molecule has 1 aromatic carbocycles. The first-order chi connectivity index (χ1) is 14.3. The minimum absolute atomic E-state index is 0.190. The van der Waals surface area contributed by atoms with E-state index in [0.29, 0.717) is 29.7 Å². The third-order valence-corrected chi connectivity index (χ3v) is 5.11. The summed E-state index contributed by atoms with van der Waals surface area (Å²) in [6.07, 6.45) is -1.85. The van der Waals surface area contributed by atoms with Crippen molar-refractivity contribution >= 4 is 16.7 Å². The van der Waals surface area contributed by atoms with Crippen molar-refractivity contribution in [1.29, 1.82) is 0 Å². The highest BCUT2D eigenvalue weighted by atomic mass is 19.4. The lowest BCUT2D eigenvalue weighted by Crippen LogP contribution is -2.42. The maximum Gasteiger partial charge on any atom is 0.416 e. The van der Waals surface area contributed by atoms with Gasteiger partial charge in [0.2, 0.25) is 0 Å². The lowest BCUT2D eigenvalue weighted by molar-refractivity contribution is -0.137. The summed E-state index contributed by atoms with van der Waals surface area (Å²) in [5.74, 6) is 0.240. The Balaban J connectivity index is 1.81. The van der Waals surface area contributed by atoms with E-state index in [1.807, 2.05) is 0 Å². The number of ether oxygens (including phenoxy) is 1. The number of aryl methyl sites for hydroxylation is 1. The lowest BCUT2D eigenvalue weighted by atomic mass is 10.0. The van der Waals surface area contributed by atoms with Crippen molar-refractivity contribution in [3.8, 4) is 11.1 Å². The zero-order chi connectivity index (χ0) is 21.5. The number of anilines is 1. The van der Waals surface area contributed by atoms with Crippen LogP contribution in [0.2, 0.25) is 0 Å². The molecule has 3 aromatic rings. The van der Waals surface area contributed by atoms with Crippen LogP contribution in [-0.4, -0.2) is 45.0 Å². The van der Waals surface area contributed by atoms with E-state index in [-0.39, 0.29) is 23.4 Å². The number of hydrogen-bond acceptors (Lipinski definition) is 6. The average Bonchev–Trinajstić information content (AvgIpc) is 2.72. The number of fused-ring (bicyclic) bond motifs is 1. The highest BCUT2D eigenvalue weighted by Crippen LogP contribution is 2.33. The maximum absolute atomic E-state index is 12.9. The van der Waals surface area contributed by atoms with Crippen LogP contribution in [0.3, 0.4) is 0 Å². The second-order valence-corrected chi connectivity index (χ2v) is 7.16. The van der Waals surface area contributed by atoms with Gasteiger partial charge in [-0.25, -0.2) is 9.97 Å². The molecule has 2 aromatic heterocycles. The Morgan fingerprint density at radius 1 is 1.23 bits per heavy atom. The van der Waals surface area contributed by atoms with E-state index in [1.54, 1.807) is 7.05 Å². The fraction of sp³-hybridized carbons (Fsp3) is 0.350. The topological polar surface area (TPSA) is 89.3 Å². The molecule has 3 heterocycles. The van der Waals surface area contributed by atoms with Gasteiger partial charge in [0.15, 0.2) is 0 Å². The van der Waals surface area contributed by atoms with Crippen molar-refractivity contribution in [1.82, 2.24) is 14.5 Å². The van der Waals surface area contributed by atoms with Crippen LogP contribution in [0.5, 0.6) is 0 Å². The number of nitrogens with zero attached hydrogens (tertiary/aromatic N) is 3. The lowest BCUT2D eigenvalue weighted by Gasteiger charge is -2.29. The fourth-order valence-electron chi connectivity index (χ4n) is 3.41. The molecule has 0 radical (unpaired) electrons. The smallest absolute Gasteiger partial charge is 0.391 e. The van der Waals surface area contributed by atoms with Crippen LogP contribution in [0.15, 0.2) is 41.6 Å². The first-order valence-corrected chi connectivity index (χ1v) is 9.30. The fourth-order valence-corrected chi connectivity index (χ4v) is 3.41. The van der Waals surface area contributed by atoms with Crippen molar-refractivity contribution in [3.63, 3.8) is 0 Å². The molecule has 0 aliphatic carbocycles. The predicted molar refractivity (Wildman–Crippen MR) is 104 cm³/mol. The van der Waals surface area contributed by atoms with Gasteiger partial charge in [-0.2, -0.15) is 13.2 Å². The predicted octanol–water partition coefficient (Wildman–Crippen LogP) is 2.58. The van der Waals surface area contributed by atoms with E-state index >= 15 is 0 Å². The molecule has 0 spiro atoms. The van der Waals surface area contributed by atoms with Gasteiger partial charge < -0.3 is 19.7 Å². The molecule has 1 aliphatic rings. The monoisotopic (exact) mass is 420 g/mol. The van der Waals surface area contributed by atoms with Crippen molar-refractivity contribution in [2.24, 2.45) is 7.05 Å². The molecule has 10 heteroatoms. The number of alkyl halides is 3. The summed E-state index contributed by atoms with van der Waals surface area (Å²) in [7, 11) is 1.54. The third-order valence-electron chi connectivity index (χ3n) is 5.11. The Labute approximate surface area is 169 Å². The molecule has 158 valence electrons. The van der Waals surface area contributed by atoms with Crippen LogP contribution in [0.25, 0.3) is 22.0 Å². The van der Waals surface area contributed by atoms with Crippen LogP contribution in [0, 0.1) is 0 Å². The van der Waals surface area contributed by atoms with Crippen molar-refractivity contribution in [2.45, 2.75) is 24.7 Å². The quantitative estimate of drug-likeness (QED) is 0.677. The number of aliphatic hydroxyl groups excluding tert-OH is 1. The Morgan fingerprint density at radius 3 is 2.63 bits per heavy atom. The highest BCUT2D eigenvalue weighted by molar-refractivity contribution is 5.98. The first-order valence-electron chi connectivity index (χ1n) is 9.30. The summed E-state index contributed by atoms with van der Waals surface area (Å²) in [6, 6.07) is 4.15. The molecule has 7 nitrogen and oxygen atoms in total. The summed E-state index contributed by atoms with van der Waals surface area (Å²) in [5.41, 5.74) is 0.0600. The van der Waals surface area contributed by atoms with Crippen LogP contribution >= 0.6 is 0 Å². The standard InChI is InChI=1S/C20H19F3N4O3/c1-27-10-25-17-13(11-2-4-12(5-3-11)20(21,22)23)8-24-18(16(17)19(27)29)26-14-9-30-7-6-15(14)28/h2-5,8,10,14-15,28H,6-7,9H2,1H3,(H,24,26)/t14-,15+/m1/s1. The number of nitrogens with one attached hydrogen (secondary N) is 1. The number of aliphatic hydroxyl groups is 1. The molecule has 1 fully saturated rings. The minimum Gasteiger partial charge on any atom is -0.391 e. The Kier molecular flexibility index (Phi) is 5.20. The molecule has 4 rings (SSSR count). The van der Waals surface area contributed by atoms with Gasteiger partial charge in [-0.15, -0.1) is 0 Å². The molecule has 0 saturated carbocycles. The van der Waals surface area contributed by atoms with Gasteiger partial charge in [-0.1, -0.05) is 12.1 Å². The van der Waals surface area contributed by atoms with Gasteiger partial charge >= 0.3 is 6.18 Å². The van der Waals surface area contributed by atoms with Gasteiger partial charge in [0, 0.05) is 25.4 Å². The SMILES string of the molecule is Cn1cnc2c(-c3ccc(C(F)(F)F)cc3)cnc(N[C@@H]3COCC[C@@H]3O)c2c1=O. The molecule has 0 unspecified atom stereocenters. The van der Waals surface area contributed by atoms with E-state index < -0.39 is 23.9 Å². The molecular weight excluding hydrogens is 401 g/mol. The summed E-state index contributed by atoms with van der Waals surface area (Å²) < 4.78 is 45.3. The van der Waals surface area contributed by atoms with Gasteiger partial charge in [-0.3, -0.25) is 4.79 Å². The molecule has 1 aliphatic heterocycles. The molecule has 0 bridgehead atoms. The van der Waals surface area contributed by atoms with Gasteiger partial charge in [0.25, 0.3) is 5.56 Å². The number of rotatable bonds is 3. The molecule has 30 heavy (non-hydrogen) atoms. The number of benzene rings is 1. The maximum atomic E-state index is 12.9. The first kappa shape index (κ1) is 20.3. The Bertz CT molecular complexity index is 1130. The number of hydrogen-bond donors (Lipinski definition) is 2. The Morgan fingerprint density at radius 2 is 1.97 bits per heavy atom. The zero-order valence-corrected chi connectivity index (χ0v) is 16.0. The summed E-state index contributed by atoms with van der Waals surface area (Å²) in [6.45, 7) is 0.704. The second kappa shape index (κ2) is 7.69. The van der Waals surface area contributed by atoms with E-state index in [9.17, 15) is 23.1 Å². The molecule has 2 N–H and O–H groups in total. The second-order valence-electron chi connectivity index (χ2n) is 7.16. The minimum atomic E-state index is -4.44. The van der Waals surface area contributed by atoms with Gasteiger partial charge in [0.1, 0.15) is 11.2 Å². The average molecular weight is 420 g/mol. The van der Waals surface area contributed by atoms with Crippen molar-refractivity contribution in [3.05, 3.63) is 52.7 Å². The third kappa shape index (κ3) is 3.75. The molecule has 0 amide bonds. The van der Waals surface area contributed by atoms with E-state index in [4.69, 9.17) is 4.74 Å². The van der Waals surface area contributed by atoms with E-state index in [0.717, 1.165) is 12.1 Å². The number of aromatic nitrogens is 3. The van der Waals surface area contributed by atoms with Crippen LogP contribution in [0.1, 0.15) is 12.0 Å². The molecular formula is C20H19F3N4O3. The largest absolute Gasteiger partial charge is 0.416 e. The van der Waals surface area contributed by atoms with Crippen LogP contribution < -0.4 is 10.9 Å². The van der Waals surface area contributed by atoms with Crippen LogP contribution in [0.4, 0.5) is 19.0 Å². The number of pyridine rings is 1. The van der Waals surface area contributed by atoms with E-state index in [1.165, 1.54) is 29.2 Å². The van der Waals surface area contributed by atoms with Gasteiger partial charge in [0.05, 0.1) is 36.2 Å². The normalized spacial score (nSPS) is 19.8. The Hall–Kier alpha value is -2.98.